The summed E-state index contributed by atoms with van der Waals surface area (Å²) < 4.78 is 7.31. The third kappa shape index (κ3) is 3.10. The number of nitrogens with zero attached hydrogens (tertiary/aromatic N) is 4. The molecule has 1 fully saturated rings. The van der Waals surface area contributed by atoms with E-state index in [0.29, 0.717) is 6.04 Å². The van der Waals surface area contributed by atoms with Crippen LogP contribution in [-0.2, 0) is 10.5 Å². The van der Waals surface area contributed by atoms with Crippen molar-refractivity contribution in [2.24, 2.45) is 0 Å². The SMILES string of the molecule is Nc1cccc(CSc2nnnn2C2CCOCC2)c1. The van der Waals surface area contributed by atoms with Crippen LogP contribution in [0.2, 0.25) is 0 Å². The summed E-state index contributed by atoms with van der Waals surface area (Å²) in [6.07, 6.45) is 1.94. The van der Waals surface area contributed by atoms with Crippen molar-refractivity contribution in [3.63, 3.8) is 0 Å². The van der Waals surface area contributed by atoms with Crippen LogP contribution in [0.3, 0.4) is 0 Å². The van der Waals surface area contributed by atoms with Crippen LogP contribution in [0.15, 0.2) is 29.4 Å². The number of aromatic nitrogens is 4. The molecule has 1 saturated heterocycles. The zero-order valence-electron chi connectivity index (χ0n) is 11.1. The van der Waals surface area contributed by atoms with Crippen molar-refractivity contribution >= 4 is 17.4 Å². The van der Waals surface area contributed by atoms with Gasteiger partial charge in [-0.1, -0.05) is 23.9 Å². The van der Waals surface area contributed by atoms with E-state index in [1.54, 1.807) is 11.8 Å². The van der Waals surface area contributed by atoms with Gasteiger partial charge < -0.3 is 10.5 Å². The number of benzene rings is 1. The van der Waals surface area contributed by atoms with Gasteiger partial charge >= 0.3 is 0 Å². The Morgan fingerprint density at radius 2 is 2.20 bits per heavy atom. The molecule has 0 spiro atoms. The van der Waals surface area contributed by atoms with Crippen LogP contribution in [-0.4, -0.2) is 33.4 Å². The van der Waals surface area contributed by atoms with E-state index in [1.807, 2.05) is 22.9 Å². The average molecular weight is 291 g/mol. The Bertz CT molecular complexity index is 567. The number of tetrazole rings is 1. The van der Waals surface area contributed by atoms with E-state index in [4.69, 9.17) is 10.5 Å². The lowest BCUT2D eigenvalue weighted by Crippen LogP contribution is -2.21. The van der Waals surface area contributed by atoms with Crippen molar-refractivity contribution in [1.29, 1.82) is 0 Å². The van der Waals surface area contributed by atoms with Crippen molar-refractivity contribution in [2.75, 3.05) is 18.9 Å². The highest BCUT2D eigenvalue weighted by Crippen LogP contribution is 2.27. The standard InChI is InChI=1S/C13H17N5OS/c14-11-3-1-2-10(8-11)9-20-13-15-16-17-18(13)12-4-6-19-7-5-12/h1-3,8,12H,4-7,9,14H2. The molecule has 6 nitrogen and oxygen atoms in total. The molecule has 3 rings (SSSR count). The molecule has 0 amide bonds. The fraction of sp³-hybridized carbons (Fsp3) is 0.462. The van der Waals surface area contributed by atoms with Crippen LogP contribution >= 0.6 is 11.8 Å². The summed E-state index contributed by atoms with van der Waals surface area (Å²) in [6, 6.07) is 8.25. The molecule has 0 atom stereocenters. The predicted molar refractivity (Wildman–Crippen MR) is 77.3 cm³/mol. The first-order chi connectivity index (χ1) is 9.83. The minimum atomic E-state index is 0.349. The van der Waals surface area contributed by atoms with Crippen LogP contribution in [0.4, 0.5) is 5.69 Å². The van der Waals surface area contributed by atoms with Gasteiger partial charge in [-0.15, -0.1) is 5.10 Å². The topological polar surface area (TPSA) is 78.9 Å². The number of nitrogens with two attached hydrogens (primary N) is 1. The van der Waals surface area contributed by atoms with E-state index < -0.39 is 0 Å². The van der Waals surface area contributed by atoms with E-state index in [-0.39, 0.29) is 0 Å². The first-order valence-corrected chi connectivity index (χ1v) is 7.64. The molecular formula is C13H17N5OS. The minimum absolute atomic E-state index is 0.349. The summed E-state index contributed by atoms with van der Waals surface area (Å²) in [4.78, 5) is 0. The Labute approximate surface area is 121 Å². The molecule has 2 aromatic rings. The Kier molecular flexibility index (Phi) is 4.17. The van der Waals surface area contributed by atoms with Crippen molar-refractivity contribution < 1.29 is 4.74 Å². The quantitative estimate of drug-likeness (QED) is 0.684. The summed E-state index contributed by atoms with van der Waals surface area (Å²) in [6.45, 7) is 1.56. The second kappa shape index (κ2) is 6.23. The monoisotopic (exact) mass is 291 g/mol. The molecule has 0 unspecified atom stereocenters. The van der Waals surface area contributed by atoms with Crippen LogP contribution in [0.5, 0.6) is 0 Å². The summed E-state index contributed by atoms with van der Waals surface area (Å²) >= 11 is 1.64. The van der Waals surface area contributed by atoms with Gasteiger partial charge in [-0.3, -0.25) is 0 Å². The third-order valence-electron chi connectivity index (χ3n) is 3.32. The molecule has 2 N–H and O–H groups in total. The first kappa shape index (κ1) is 13.4. The third-order valence-corrected chi connectivity index (χ3v) is 4.32. The fourth-order valence-corrected chi connectivity index (χ4v) is 3.16. The Morgan fingerprint density at radius 1 is 1.35 bits per heavy atom. The van der Waals surface area contributed by atoms with Crippen LogP contribution in [0, 0.1) is 0 Å². The lowest BCUT2D eigenvalue weighted by molar-refractivity contribution is 0.0631. The van der Waals surface area contributed by atoms with Gasteiger partial charge in [0.1, 0.15) is 0 Å². The van der Waals surface area contributed by atoms with Gasteiger partial charge in [0.15, 0.2) is 0 Å². The van der Waals surface area contributed by atoms with Crippen LogP contribution < -0.4 is 5.73 Å². The van der Waals surface area contributed by atoms with E-state index >= 15 is 0 Å². The van der Waals surface area contributed by atoms with Crippen LogP contribution in [0.1, 0.15) is 24.4 Å². The van der Waals surface area contributed by atoms with Gasteiger partial charge in [-0.2, -0.15) is 0 Å². The van der Waals surface area contributed by atoms with Crippen molar-refractivity contribution in [2.45, 2.75) is 29.8 Å². The Morgan fingerprint density at radius 3 is 3.00 bits per heavy atom. The molecular weight excluding hydrogens is 274 g/mol. The smallest absolute Gasteiger partial charge is 0.209 e. The van der Waals surface area contributed by atoms with Crippen molar-refractivity contribution in [3.05, 3.63) is 29.8 Å². The van der Waals surface area contributed by atoms with Gasteiger partial charge in [0, 0.05) is 24.7 Å². The minimum Gasteiger partial charge on any atom is -0.399 e. The fourth-order valence-electron chi connectivity index (χ4n) is 2.27. The molecule has 1 aliphatic rings. The highest BCUT2D eigenvalue weighted by atomic mass is 32.2. The number of anilines is 1. The molecule has 1 aromatic heterocycles. The summed E-state index contributed by atoms with van der Waals surface area (Å²) in [5.41, 5.74) is 7.75. The maximum atomic E-state index is 5.79. The summed E-state index contributed by atoms with van der Waals surface area (Å²) in [7, 11) is 0. The van der Waals surface area contributed by atoms with Gasteiger partial charge in [-0.05, 0) is 41.0 Å². The molecule has 2 heterocycles. The lowest BCUT2D eigenvalue weighted by atomic mass is 10.1. The zero-order chi connectivity index (χ0) is 13.8. The molecule has 1 aromatic carbocycles. The van der Waals surface area contributed by atoms with Gasteiger partial charge in [0.25, 0.3) is 0 Å². The van der Waals surface area contributed by atoms with Crippen molar-refractivity contribution in [3.8, 4) is 0 Å². The number of rotatable bonds is 4. The van der Waals surface area contributed by atoms with E-state index in [0.717, 1.165) is 42.7 Å². The normalized spacial score (nSPS) is 16.4. The van der Waals surface area contributed by atoms with Gasteiger partial charge in [0.2, 0.25) is 5.16 Å². The van der Waals surface area contributed by atoms with Crippen LogP contribution in [0.25, 0.3) is 0 Å². The maximum Gasteiger partial charge on any atom is 0.209 e. The molecule has 1 aliphatic heterocycles. The summed E-state index contributed by atoms with van der Waals surface area (Å²) in [5.74, 6) is 0.814. The number of ether oxygens (including phenoxy) is 1. The Balaban J connectivity index is 1.67. The molecule has 20 heavy (non-hydrogen) atoms. The average Bonchev–Trinajstić information content (AvgIpc) is 2.95. The molecule has 0 radical (unpaired) electrons. The van der Waals surface area contributed by atoms with E-state index in [1.165, 1.54) is 5.56 Å². The molecule has 0 bridgehead atoms. The van der Waals surface area contributed by atoms with Crippen molar-refractivity contribution in [1.82, 2.24) is 20.2 Å². The Hall–Kier alpha value is -1.60. The largest absolute Gasteiger partial charge is 0.399 e. The first-order valence-electron chi connectivity index (χ1n) is 6.66. The van der Waals surface area contributed by atoms with Gasteiger partial charge in [0.05, 0.1) is 6.04 Å². The highest BCUT2D eigenvalue weighted by Gasteiger charge is 2.20. The molecule has 0 saturated carbocycles. The summed E-state index contributed by atoms with van der Waals surface area (Å²) in [5, 5.41) is 12.9. The number of nitrogen functional groups attached to an aromatic ring is 1. The number of hydrogen-bond donors (Lipinski definition) is 1. The maximum absolute atomic E-state index is 5.79. The lowest BCUT2D eigenvalue weighted by Gasteiger charge is -2.22. The number of thioether (sulfide) groups is 1. The van der Waals surface area contributed by atoms with E-state index in [9.17, 15) is 0 Å². The van der Waals surface area contributed by atoms with Gasteiger partial charge in [-0.25, -0.2) is 4.68 Å². The van der Waals surface area contributed by atoms with E-state index in [2.05, 4.69) is 21.6 Å². The zero-order valence-corrected chi connectivity index (χ0v) is 11.9. The highest BCUT2D eigenvalue weighted by molar-refractivity contribution is 7.98. The second-order valence-corrected chi connectivity index (χ2v) is 5.73. The molecule has 106 valence electrons. The molecule has 7 heteroatoms. The second-order valence-electron chi connectivity index (χ2n) is 4.78. The predicted octanol–water partition coefficient (Wildman–Crippen LogP) is 1.90. The number of hydrogen-bond acceptors (Lipinski definition) is 6. The molecule has 0 aliphatic carbocycles.